The van der Waals surface area contributed by atoms with E-state index in [1.165, 1.54) is 12.1 Å². The summed E-state index contributed by atoms with van der Waals surface area (Å²) in [6, 6.07) is 14.0. The van der Waals surface area contributed by atoms with E-state index in [1.807, 2.05) is 30.5 Å². The van der Waals surface area contributed by atoms with Crippen LogP contribution in [0.1, 0.15) is 18.4 Å². The monoisotopic (exact) mass is 301 g/mol. The summed E-state index contributed by atoms with van der Waals surface area (Å²) in [7, 11) is 0. The molecule has 21 heavy (non-hydrogen) atoms. The SMILES string of the molecule is CSc1ccc(NC(=O)C2(c3ccc(F)cc3)CC2)cc1. The van der Waals surface area contributed by atoms with Gasteiger partial charge in [0.15, 0.2) is 0 Å². The van der Waals surface area contributed by atoms with Gasteiger partial charge >= 0.3 is 0 Å². The van der Waals surface area contributed by atoms with Gasteiger partial charge in [-0.3, -0.25) is 4.79 Å². The largest absolute Gasteiger partial charge is 0.325 e. The molecule has 2 nitrogen and oxygen atoms in total. The second-order valence-corrected chi connectivity index (χ2v) is 6.15. The lowest BCUT2D eigenvalue weighted by molar-refractivity contribution is -0.118. The normalized spacial score (nSPS) is 15.5. The fourth-order valence-corrected chi connectivity index (χ4v) is 2.87. The lowest BCUT2D eigenvalue weighted by Crippen LogP contribution is -2.27. The molecule has 1 saturated carbocycles. The number of benzene rings is 2. The summed E-state index contributed by atoms with van der Waals surface area (Å²) < 4.78 is 13.0. The molecule has 1 fully saturated rings. The van der Waals surface area contributed by atoms with E-state index in [2.05, 4.69) is 5.32 Å². The molecule has 1 aliphatic carbocycles. The number of hydrogen-bond donors (Lipinski definition) is 1. The van der Waals surface area contributed by atoms with Crippen LogP contribution in [0, 0.1) is 5.82 Å². The van der Waals surface area contributed by atoms with Gasteiger partial charge in [0.25, 0.3) is 0 Å². The van der Waals surface area contributed by atoms with Gasteiger partial charge in [0, 0.05) is 10.6 Å². The summed E-state index contributed by atoms with van der Waals surface area (Å²) in [6.45, 7) is 0. The fourth-order valence-electron chi connectivity index (χ4n) is 2.47. The standard InChI is InChI=1S/C17H16FNOS/c1-21-15-8-6-14(7-9-15)19-16(20)17(10-11-17)12-2-4-13(18)5-3-12/h2-9H,10-11H2,1H3,(H,19,20). The van der Waals surface area contributed by atoms with E-state index in [0.717, 1.165) is 29.0 Å². The average molecular weight is 301 g/mol. The minimum atomic E-state index is -0.480. The van der Waals surface area contributed by atoms with Gasteiger partial charge in [-0.15, -0.1) is 11.8 Å². The molecule has 0 atom stereocenters. The van der Waals surface area contributed by atoms with Crippen LogP contribution in [0.3, 0.4) is 0 Å². The Bertz CT molecular complexity index is 647. The molecule has 2 aromatic rings. The molecule has 1 amide bonds. The zero-order valence-electron chi connectivity index (χ0n) is 11.7. The van der Waals surface area contributed by atoms with Crippen molar-refractivity contribution in [1.82, 2.24) is 0 Å². The lowest BCUT2D eigenvalue weighted by atomic mass is 9.95. The van der Waals surface area contributed by atoms with Crippen molar-refractivity contribution < 1.29 is 9.18 Å². The molecule has 1 N–H and O–H groups in total. The highest BCUT2D eigenvalue weighted by atomic mass is 32.2. The molecule has 0 unspecified atom stereocenters. The first-order valence-corrected chi connectivity index (χ1v) is 8.08. The third kappa shape index (κ3) is 2.81. The Labute approximate surface area is 127 Å². The fraction of sp³-hybridized carbons (Fsp3) is 0.235. The van der Waals surface area contributed by atoms with Crippen molar-refractivity contribution in [2.24, 2.45) is 0 Å². The smallest absolute Gasteiger partial charge is 0.235 e. The molecule has 108 valence electrons. The van der Waals surface area contributed by atoms with E-state index in [-0.39, 0.29) is 11.7 Å². The average Bonchev–Trinajstić information content (AvgIpc) is 3.30. The summed E-state index contributed by atoms with van der Waals surface area (Å²) in [5.74, 6) is -0.284. The summed E-state index contributed by atoms with van der Waals surface area (Å²) >= 11 is 1.66. The molecule has 1 aliphatic rings. The van der Waals surface area contributed by atoms with Gasteiger partial charge in [-0.25, -0.2) is 4.39 Å². The molecular formula is C17H16FNOS. The Morgan fingerprint density at radius 3 is 2.24 bits per heavy atom. The maximum absolute atomic E-state index is 13.0. The number of amides is 1. The molecular weight excluding hydrogens is 285 g/mol. The number of hydrogen-bond acceptors (Lipinski definition) is 2. The van der Waals surface area contributed by atoms with Gasteiger partial charge < -0.3 is 5.32 Å². The minimum Gasteiger partial charge on any atom is -0.325 e. The number of rotatable bonds is 4. The van der Waals surface area contributed by atoms with Crippen LogP contribution in [0.25, 0.3) is 0 Å². The third-order valence-corrected chi connectivity index (χ3v) is 4.67. The highest BCUT2D eigenvalue weighted by Crippen LogP contribution is 2.49. The van der Waals surface area contributed by atoms with Crippen LogP contribution in [0.4, 0.5) is 10.1 Å². The molecule has 0 spiro atoms. The number of thioether (sulfide) groups is 1. The first-order chi connectivity index (χ1) is 10.1. The molecule has 0 heterocycles. The van der Waals surface area contributed by atoms with Crippen LogP contribution in [0.2, 0.25) is 0 Å². The highest BCUT2D eigenvalue weighted by Gasteiger charge is 2.51. The van der Waals surface area contributed by atoms with E-state index < -0.39 is 5.41 Å². The van der Waals surface area contributed by atoms with E-state index in [0.29, 0.717) is 0 Å². The van der Waals surface area contributed by atoms with E-state index in [9.17, 15) is 9.18 Å². The number of anilines is 1. The second kappa shape index (κ2) is 5.53. The number of carbonyl (C=O) groups is 1. The molecule has 0 bridgehead atoms. The summed E-state index contributed by atoms with van der Waals surface area (Å²) in [4.78, 5) is 13.7. The molecule has 0 saturated heterocycles. The quantitative estimate of drug-likeness (QED) is 0.857. The van der Waals surface area contributed by atoms with Gasteiger partial charge in [-0.05, 0) is 61.1 Å². The number of carbonyl (C=O) groups excluding carboxylic acids is 1. The molecule has 4 heteroatoms. The van der Waals surface area contributed by atoms with Gasteiger partial charge in [-0.2, -0.15) is 0 Å². The van der Waals surface area contributed by atoms with Gasteiger partial charge in [0.2, 0.25) is 5.91 Å². The Hall–Kier alpha value is -1.81. The van der Waals surface area contributed by atoms with Crippen molar-refractivity contribution in [2.75, 3.05) is 11.6 Å². The van der Waals surface area contributed by atoms with Crippen LogP contribution in [0.5, 0.6) is 0 Å². The molecule has 2 aromatic carbocycles. The summed E-state index contributed by atoms with van der Waals surface area (Å²) in [5.41, 5.74) is 1.21. The Balaban J connectivity index is 1.76. The zero-order valence-corrected chi connectivity index (χ0v) is 12.5. The number of halogens is 1. The van der Waals surface area contributed by atoms with Crippen LogP contribution in [0.15, 0.2) is 53.4 Å². The molecule has 0 radical (unpaired) electrons. The van der Waals surface area contributed by atoms with Gasteiger partial charge in [-0.1, -0.05) is 12.1 Å². The van der Waals surface area contributed by atoms with Crippen molar-refractivity contribution in [3.8, 4) is 0 Å². The summed E-state index contributed by atoms with van der Waals surface area (Å²) in [5, 5.41) is 2.97. The molecule has 0 aliphatic heterocycles. The van der Waals surface area contributed by atoms with Crippen molar-refractivity contribution in [1.29, 1.82) is 0 Å². The first-order valence-electron chi connectivity index (χ1n) is 6.86. The van der Waals surface area contributed by atoms with Crippen LogP contribution < -0.4 is 5.32 Å². The first kappa shape index (κ1) is 14.1. The van der Waals surface area contributed by atoms with Gasteiger partial charge in [0.1, 0.15) is 5.82 Å². The lowest BCUT2D eigenvalue weighted by Gasteiger charge is -2.16. The number of nitrogens with one attached hydrogen (secondary N) is 1. The van der Waals surface area contributed by atoms with Crippen molar-refractivity contribution in [2.45, 2.75) is 23.2 Å². The predicted molar refractivity (Wildman–Crippen MR) is 84.2 cm³/mol. The Morgan fingerprint density at radius 1 is 1.10 bits per heavy atom. The van der Waals surface area contributed by atoms with Crippen molar-refractivity contribution in [3.05, 3.63) is 59.9 Å². The minimum absolute atomic E-state index is 0.00832. The van der Waals surface area contributed by atoms with E-state index in [1.54, 1.807) is 23.9 Å². The van der Waals surface area contributed by atoms with Crippen LogP contribution in [-0.2, 0) is 10.2 Å². The third-order valence-electron chi connectivity index (χ3n) is 3.93. The van der Waals surface area contributed by atoms with Gasteiger partial charge in [0.05, 0.1) is 5.41 Å². The predicted octanol–water partition coefficient (Wildman–Crippen LogP) is 4.22. The van der Waals surface area contributed by atoms with E-state index in [4.69, 9.17) is 0 Å². The summed E-state index contributed by atoms with van der Waals surface area (Å²) in [6.07, 6.45) is 3.64. The maximum atomic E-state index is 13.0. The van der Waals surface area contributed by atoms with Crippen molar-refractivity contribution >= 4 is 23.4 Å². The van der Waals surface area contributed by atoms with Crippen molar-refractivity contribution in [3.63, 3.8) is 0 Å². The maximum Gasteiger partial charge on any atom is 0.235 e. The topological polar surface area (TPSA) is 29.1 Å². The van der Waals surface area contributed by atoms with Crippen LogP contribution >= 0.6 is 11.8 Å². The zero-order chi connectivity index (χ0) is 14.9. The molecule has 3 rings (SSSR count). The highest BCUT2D eigenvalue weighted by molar-refractivity contribution is 7.98. The van der Waals surface area contributed by atoms with Crippen LogP contribution in [-0.4, -0.2) is 12.2 Å². The Morgan fingerprint density at radius 2 is 1.71 bits per heavy atom. The molecule has 0 aromatic heterocycles. The Kier molecular flexibility index (Phi) is 3.72. The van der Waals surface area contributed by atoms with E-state index >= 15 is 0 Å². The second-order valence-electron chi connectivity index (χ2n) is 5.27.